The Labute approximate surface area is 88.7 Å². The Hall–Kier alpha value is -1.35. The molecule has 0 aliphatic carbocycles. The second-order valence-electron chi connectivity index (χ2n) is 3.93. The first-order valence-electron chi connectivity index (χ1n) is 5.11. The van der Waals surface area contributed by atoms with Crippen LogP contribution in [-0.4, -0.2) is 23.3 Å². The van der Waals surface area contributed by atoms with Crippen molar-refractivity contribution in [2.75, 3.05) is 0 Å². The number of carbonyl (C=O) groups is 1. The van der Waals surface area contributed by atoms with Crippen molar-refractivity contribution in [3.63, 3.8) is 0 Å². The standard InChI is InChI=1S/C12H14O3/c1-8-11(13)10(12(14)15-8)7-9-5-3-2-4-6-9/h2-6,8,10-11,13H,7H2,1H3/t8-,10-,11+/m0/s1. The van der Waals surface area contributed by atoms with Crippen molar-refractivity contribution < 1.29 is 14.6 Å². The monoisotopic (exact) mass is 206 g/mol. The van der Waals surface area contributed by atoms with E-state index in [-0.39, 0.29) is 12.1 Å². The Bertz CT molecular complexity index is 347. The molecule has 3 heteroatoms. The molecule has 0 saturated carbocycles. The van der Waals surface area contributed by atoms with Gasteiger partial charge in [-0.1, -0.05) is 30.3 Å². The van der Waals surface area contributed by atoms with Gasteiger partial charge in [0, 0.05) is 0 Å². The van der Waals surface area contributed by atoms with Gasteiger partial charge in [-0.3, -0.25) is 4.79 Å². The lowest BCUT2D eigenvalue weighted by Crippen LogP contribution is -2.26. The molecular weight excluding hydrogens is 192 g/mol. The van der Waals surface area contributed by atoms with E-state index in [0.717, 1.165) is 5.56 Å². The summed E-state index contributed by atoms with van der Waals surface area (Å²) in [6.07, 6.45) is -0.519. The van der Waals surface area contributed by atoms with E-state index in [0.29, 0.717) is 6.42 Å². The lowest BCUT2D eigenvalue weighted by molar-refractivity contribution is -0.143. The van der Waals surface area contributed by atoms with Gasteiger partial charge in [-0.05, 0) is 18.9 Å². The van der Waals surface area contributed by atoms with Crippen LogP contribution in [0.1, 0.15) is 12.5 Å². The van der Waals surface area contributed by atoms with E-state index in [1.54, 1.807) is 6.92 Å². The summed E-state index contributed by atoms with van der Waals surface area (Å²) >= 11 is 0. The van der Waals surface area contributed by atoms with Gasteiger partial charge in [-0.2, -0.15) is 0 Å². The summed E-state index contributed by atoms with van der Waals surface area (Å²) in [6, 6.07) is 9.67. The van der Waals surface area contributed by atoms with Crippen molar-refractivity contribution in [2.24, 2.45) is 5.92 Å². The van der Waals surface area contributed by atoms with E-state index >= 15 is 0 Å². The minimum absolute atomic E-state index is 0.293. The van der Waals surface area contributed by atoms with Gasteiger partial charge in [0.25, 0.3) is 0 Å². The van der Waals surface area contributed by atoms with Crippen LogP contribution in [0, 0.1) is 5.92 Å². The van der Waals surface area contributed by atoms with Gasteiger partial charge in [-0.25, -0.2) is 0 Å². The number of benzene rings is 1. The largest absolute Gasteiger partial charge is 0.460 e. The zero-order chi connectivity index (χ0) is 10.8. The third kappa shape index (κ3) is 2.02. The molecule has 0 spiro atoms. The van der Waals surface area contributed by atoms with Crippen LogP contribution >= 0.6 is 0 Å². The summed E-state index contributed by atoms with van der Waals surface area (Å²) < 4.78 is 4.97. The molecule has 0 aromatic heterocycles. The number of aliphatic hydroxyl groups is 1. The molecule has 1 saturated heterocycles. The van der Waals surface area contributed by atoms with E-state index in [1.165, 1.54) is 0 Å². The zero-order valence-corrected chi connectivity index (χ0v) is 8.59. The van der Waals surface area contributed by atoms with E-state index in [9.17, 15) is 9.90 Å². The lowest BCUT2D eigenvalue weighted by Gasteiger charge is -2.11. The predicted octanol–water partition coefficient (Wildman–Crippen LogP) is 1.15. The number of hydrogen-bond donors (Lipinski definition) is 1. The van der Waals surface area contributed by atoms with E-state index in [2.05, 4.69) is 0 Å². The first kappa shape index (κ1) is 10.2. The highest BCUT2D eigenvalue weighted by Gasteiger charge is 2.40. The molecule has 1 fully saturated rings. The summed E-state index contributed by atoms with van der Waals surface area (Å²) in [4.78, 5) is 11.4. The minimum atomic E-state index is -0.683. The fraction of sp³-hybridized carbons (Fsp3) is 0.417. The number of cyclic esters (lactones) is 1. The maximum atomic E-state index is 11.4. The van der Waals surface area contributed by atoms with Crippen molar-refractivity contribution >= 4 is 5.97 Å². The summed E-state index contributed by atoms with van der Waals surface area (Å²) in [5.74, 6) is -0.707. The van der Waals surface area contributed by atoms with E-state index in [4.69, 9.17) is 4.74 Å². The number of esters is 1. The molecule has 3 nitrogen and oxygen atoms in total. The van der Waals surface area contributed by atoms with Gasteiger partial charge in [-0.15, -0.1) is 0 Å². The zero-order valence-electron chi connectivity index (χ0n) is 8.59. The quantitative estimate of drug-likeness (QED) is 0.738. The molecule has 1 aromatic rings. The molecular formula is C12H14O3. The third-order valence-corrected chi connectivity index (χ3v) is 2.80. The van der Waals surface area contributed by atoms with Crippen LogP contribution in [0.5, 0.6) is 0 Å². The summed E-state index contributed by atoms with van der Waals surface area (Å²) in [6.45, 7) is 1.72. The van der Waals surface area contributed by atoms with Crippen LogP contribution < -0.4 is 0 Å². The second kappa shape index (κ2) is 4.03. The Kier molecular flexibility index (Phi) is 2.73. The molecule has 1 heterocycles. The van der Waals surface area contributed by atoms with Gasteiger partial charge in [0.05, 0.1) is 5.92 Å². The van der Waals surface area contributed by atoms with Crippen molar-refractivity contribution in [1.29, 1.82) is 0 Å². The minimum Gasteiger partial charge on any atom is -0.460 e. The van der Waals surface area contributed by atoms with Crippen LogP contribution in [0.4, 0.5) is 0 Å². The highest BCUT2D eigenvalue weighted by molar-refractivity contribution is 5.76. The Morgan fingerprint density at radius 1 is 1.33 bits per heavy atom. The number of aliphatic hydroxyl groups excluding tert-OH is 1. The summed E-state index contributed by atoms with van der Waals surface area (Å²) in [5.41, 5.74) is 1.05. The number of carbonyl (C=O) groups excluding carboxylic acids is 1. The fourth-order valence-electron chi connectivity index (χ4n) is 1.88. The first-order chi connectivity index (χ1) is 7.18. The Balaban J connectivity index is 2.09. The van der Waals surface area contributed by atoms with Gasteiger partial charge >= 0.3 is 5.97 Å². The molecule has 1 aromatic carbocycles. The number of hydrogen-bond acceptors (Lipinski definition) is 3. The molecule has 2 rings (SSSR count). The molecule has 0 unspecified atom stereocenters. The molecule has 15 heavy (non-hydrogen) atoms. The topological polar surface area (TPSA) is 46.5 Å². The molecule has 0 radical (unpaired) electrons. The molecule has 1 N–H and O–H groups in total. The smallest absolute Gasteiger partial charge is 0.312 e. The molecule has 80 valence electrons. The van der Waals surface area contributed by atoms with Gasteiger partial charge < -0.3 is 9.84 Å². The van der Waals surface area contributed by atoms with Crippen LogP contribution in [0.15, 0.2) is 30.3 Å². The molecule has 0 bridgehead atoms. The van der Waals surface area contributed by atoms with Gasteiger partial charge in [0.15, 0.2) is 0 Å². The van der Waals surface area contributed by atoms with Gasteiger partial charge in [0.1, 0.15) is 12.2 Å². The SMILES string of the molecule is C[C@@H]1OC(=O)[C@@H](Cc2ccccc2)[C@@H]1O. The van der Waals surface area contributed by atoms with Gasteiger partial charge in [0.2, 0.25) is 0 Å². The number of rotatable bonds is 2. The maximum Gasteiger partial charge on any atom is 0.312 e. The second-order valence-corrected chi connectivity index (χ2v) is 3.93. The molecule has 1 aliphatic rings. The van der Waals surface area contributed by atoms with Crippen molar-refractivity contribution in [2.45, 2.75) is 25.6 Å². The highest BCUT2D eigenvalue weighted by Crippen LogP contribution is 2.25. The Morgan fingerprint density at radius 3 is 2.53 bits per heavy atom. The number of ether oxygens (including phenoxy) is 1. The van der Waals surface area contributed by atoms with E-state index in [1.807, 2.05) is 30.3 Å². The average molecular weight is 206 g/mol. The third-order valence-electron chi connectivity index (χ3n) is 2.80. The van der Waals surface area contributed by atoms with E-state index < -0.39 is 12.0 Å². The van der Waals surface area contributed by atoms with Crippen molar-refractivity contribution in [1.82, 2.24) is 0 Å². The first-order valence-corrected chi connectivity index (χ1v) is 5.11. The molecule has 0 amide bonds. The highest BCUT2D eigenvalue weighted by atomic mass is 16.6. The normalized spacial score (nSPS) is 30.3. The summed E-state index contributed by atoms with van der Waals surface area (Å²) in [5, 5.41) is 9.74. The maximum absolute atomic E-state index is 11.4. The van der Waals surface area contributed by atoms with Crippen molar-refractivity contribution in [3.05, 3.63) is 35.9 Å². The van der Waals surface area contributed by atoms with Crippen LogP contribution in [-0.2, 0) is 16.0 Å². The summed E-state index contributed by atoms with van der Waals surface area (Å²) in [7, 11) is 0. The van der Waals surface area contributed by atoms with Crippen molar-refractivity contribution in [3.8, 4) is 0 Å². The fourth-order valence-corrected chi connectivity index (χ4v) is 1.88. The Morgan fingerprint density at radius 2 is 2.00 bits per heavy atom. The average Bonchev–Trinajstić information content (AvgIpc) is 2.47. The van der Waals surface area contributed by atoms with Crippen LogP contribution in [0.2, 0.25) is 0 Å². The van der Waals surface area contributed by atoms with Crippen LogP contribution in [0.25, 0.3) is 0 Å². The lowest BCUT2D eigenvalue weighted by atomic mass is 9.94. The molecule has 1 aliphatic heterocycles. The predicted molar refractivity (Wildman–Crippen MR) is 55.2 cm³/mol. The van der Waals surface area contributed by atoms with Crippen LogP contribution in [0.3, 0.4) is 0 Å². The molecule has 3 atom stereocenters.